The number of halogens is 3. The predicted molar refractivity (Wildman–Crippen MR) is 151 cm³/mol. The normalized spacial score (nSPS) is 17.5. The summed E-state index contributed by atoms with van der Waals surface area (Å²) in [4.78, 5) is 50.0. The van der Waals surface area contributed by atoms with E-state index in [1.165, 1.54) is 24.4 Å². The lowest BCUT2D eigenvalue weighted by Crippen LogP contribution is -2.50. The van der Waals surface area contributed by atoms with E-state index < -0.39 is 35.5 Å². The van der Waals surface area contributed by atoms with Crippen molar-refractivity contribution in [1.29, 1.82) is 0 Å². The highest BCUT2D eigenvalue weighted by molar-refractivity contribution is 6.03. The van der Waals surface area contributed by atoms with Crippen LogP contribution in [0, 0.1) is 5.92 Å². The molecule has 15 heteroatoms. The van der Waals surface area contributed by atoms with E-state index in [0.717, 1.165) is 12.8 Å². The number of rotatable bonds is 6. The van der Waals surface area contributed by atoms with Crippen LogP contribution in [0.15, 0.2) is 47.0 Å². The van der Waals surface area contributed by atoms with E-state index in [-0.39, 0.29) is 28.9 Å². The molecule has 2 fully saturated rings. The lowest BCUT2D eigenvalue weighted by molar-refractivity contribution is -0.141. The Morgan fingerprint density at radius 3 is 2.40 bits per heavy atom. The summed E-state index contributed by atoms with van der Waals surface area (Å²) in [6.45, 7) is 4.50. The summed E-state index contributed by atoms with van der Waals surface area (Å²) in [5.74, 6) is -2.34. The highest BCUT2D eigenvalue weighted by Crippen LogP contribution is 2.35. The number of carboxylic acid groups (broad SMARTS) is 1. The number of alkyl halides is 3. The zero-order chi connectivity index (χ0) is 30.7. The van der Waals surface area contributed by atoms with Crippen LogP contribution < -0.4 is 20.4 Å². The van der Waals surface area contributed by atoms with Gasteiger partial charge >= 0.3 is 18.2 Å². The van der Waals surface area contributed by atoms with Crippen molar-refractivity contribution in [3.05, 3.63) is 59.6 Å². The first kappa shape index (κ1) is 29.7. The highest BCUT2D eigenvalue weighted by Gasteiger charge is 2.42. The lowest BCUT2D eigenvalue weighted by Gasteiger charge is -2.35. The van der Waals surface area contributed by atoms with E-state index in [1.54, 1.807) is 28.0 Å². The molecule has 1 aromatic carbocycles. The van der Waals surface area contributed by atoms with Crippen LogP contribution >= 0.6 is 0 Å². The maximum atomic E-state index is 13.7. The number of para-hydroxylation sites is 1. The molecule has 5 rings (SSSR count). The van der Waals surface area contributed by atoms with Gasteiger partial charge in [0.15, 0.2) is 5.69 Å². The summed E-state index contributed by atoms with van der Waals surface area (Å²) in [6, 6.07) is 8.59. The fraction of sp³-hybridized carbons (Fsp3) is 0.393. The van der Waals surface area contributed by atoms with Crippen molar-refractivity contribution in [3.8, 4) is 0 Å². The summed E-state index contributed by atoms with van der Waals surface area (Å²) in [5, 5.41) is 14.4. The molecule has 4 heterocycles. The Hall–Kier alpha value is -4.82. The monoisotopic (exact) mass is 601 g/mol. The first-order valence-electron chi connectivity index (χ1n) is 13.7. The molecule has 0 aliphatic carbocycles. The summed E-state index contributed by atoms with van der Waals surface area (Å²) in [6.07, 6.45) is -1.81. The second-order valence-electron chi connectivity index (χ2n) is 10.5. The number of carbonyl (C=O) groups excluding carboxylic acids is 2. The molecule has 2 aromatic heterocycles. The minimum Gasteiger partial charge on any atom is -0.478 e. The number of urea groups is 1. The van der Waals surface area contributed by atoms with Gasteiger partial charge in [0.25, 0.3) is 11.9 Å². The van der Waals surface area contributed by atoms with Crippen LogP contribution in [0.4, 0.5) is 41.2 Å². The average molecular weight is 602 g/mol. The molecule has 0 bridgehead atoms. The Labute approximate surface area is 244 Å². The van der Waals surface area contributed by atoms with Gasteiger partial charge in [0, 0.05) is 39.3 Å². The number of anilines is 4. The molecule has 2 saturated heterocycles. The van der Waals surface area contributed by atoms with Gasteiger partial charge in [0.1, 0.15) is 5.82 Å². The van der Waals surface area contributed by atoms with E-state index in [2.05, 4.69) is 20.6 Å². The van der Waals surface area contributed by atoms with Gasteiger partial charge < -0.3 is 34.9 Å². The predicted octanol–water partition coefficient (Wildman–Crippen LogP) is 4.63. The van der Waals surface area contributed by atoms with Gasteiger partial charge in [0.05, 0.1) is 23.1 Å². The molecule has 3 aromatic rings. The number of benzene rings is 1. The van der Waals surface area contributed by atoms with Gasteiger partial charge in [-0.15, -0.1) is 0 Å². The van der Waals surface area contributed by atoms with Crippen molar-refractivity contribution in [2.75, 3.05) is 59.7 Å². The summed E-state index contributed by atoms with van der Waals surface area (Å²) in [5.41, 5.74) is -1.02. The molecule has 1 atom stereocenters. The van der Waals surface area contributed by atoms with Gasteiger partial charge in [-0.25, -0.2) is 14.6 Å². The third-order valence-corrected chi connectivity index (χ3v) is 7.31. The van der Waals surface area contributed by atoms with E-state index in [9.17, 15) is 32.7 Å². The van der Waals surface area contributed by atoms with E-state index in [0.29, 0.717) is 45.1 Å². The number of oxazole rings is 1. The van der Waals surface area contributed by atoms with E-state index in [1.807, 2.05) is 11.8 Å². The van der Waals surface area contributed by atoms with Crippen LogP contribution in [0.5, 0.6) is 0 Å². The maximum Gasteiger partial charge on any atom is 0.437 e. The van der Waals surface area contributed by atoms with Crippen molar-refractivity contribution in [3.63, 3.8) is 0 Å². The number of aromatic carboxylic acids is 1. The van der Waals surface area contributed by atoms with Crippen LogP contribution in [0.2, 0.25) is 0 Å². The lowest BCUT2D eigenvalue weighted by atomic mass is 10.0. The van der Waals surface area contributed by atoms with Crippen LogP contribution in [0.1, 0.15) is 46.4 Å². The maximum absolute atomic E-state index is 13.7. The fourth-order valence-corrected chi connectivity index (χ4v) is 5.10. The third-order valence-electron chi connectivity index (χ3n) is 7.31. The van der Waals surface area contributed by atoms with Crippen LogP contribution in [-0.4, -0.2) is 77.2 Å². The second-order valence-corrected chi connectivity index (χ2v) is 10.5. The number of piperazine rings is 1. The van der Waals surface area contributed by atoms with Gasteiger partial charge in [-0.05, 0) is 43.0 Å². The molecule has 0 spiro atoms. The first-order chi connectivity index (χ1) is 20.5. The van der Waals surface area contributed by atoms with Gasteiger partial charge in [-0.2, -0.15) is 18.2 Å². The molecule has 0 radical (unpaired) electrons. The Kier molecular flexibility index (Phi) is 8.41. The largest absolute Gasteiger partial charge is 0.478 e. The van der Waals surface area contributed by atoms with Crippen molar-refractivity contribution in [2.45, 2.75) is 25.9 Å². The Bertz CT molecular complexity index is 1490. The molecule has 1 unspecified atom stereocenters. The summed E-state index contributed by atoms with van der Waals surface area (Å²) in [7, 11) is 0. The molecule has 2 aliphatic heterocycles. The molecule has 3 N–H and O–H groups in total. The minimum atomic E-state index is -4.88. The number of nitrogens with zero attached hydrogens (tertiary/aromatic N) is 5. The molecule has 2 aliphatic rings. The molecule has 12 nitrogen and oxygen atoms in total. The minimum absolute atomic E-state index is 0.0131. The van der Waals surface area contributed by atoms with Crippen molar-refractivity contribution < 1.29 is 37.1 Å². The fourth-order valence-electron chi connectivity index (χ4n) is 5.10. The number of aromatic nitrogens is 2. The second kappa shape index (κ2) is 12.2. The first-order valence-corrected chi connectivity index (χ1v) is 13.7. The number of carbonyl (C=O) groups is 3. The number of nitrogens with one attached hydrogen (secondary N) is 2. The topological polar surface area (TPSA) is 144 Å². The SMILES string of the molecule is CC1CCCN(c2nc(C(F)(F)F)c(C(=O)Nc3ccc(N4CCN(C(=O)Nc5ccccc5C(=O)O)CC4)nc3)o2)C1. The number of piperidine rings is 1. The Morgan fingerprint density at radius 2 is 1.74 bits per heavy atom. The molecule has 43 heavy (non-hydrogen) atoms. The summed E-state index contributed by atoms with van der Waals surface area (Å²) >= 11 is 0. The van der Waals surface area contributed by atoms with Crippen molar-refractivity contribution >= 4 is 41.1 Å². The van der Waals surface area contributed by atoms with Gasteiger partial charge in [0.2, 0.25) is 5.76 Å². The van der Waals surface area contributed by atoms with Crippen molar-refractivity contribution in [2.24, 2.45) is 5.92 Å². The van der Waals surface area contributed by atoms with Gasteiger partial charge in [-0.3, -0.25) is 4.79 Å². The van der Waals surface area contributed by atoms with Gasteiger partial charge in [-0.1, -0.05) is 19.1 Å². The number of pyridine rings is 1. The number of carboxylic acids is 1. The number of amides is 3. The van der Waals surface area contributed by atoms with Crippen LogP contribution in [-0.2, 0) is 6.18 Å². The van der Waals surface area contributed by atoms with E-state index in [4.69, 9.17) is 4.42 Å². The number of hydrogen-bond donors (Lipinski definition) is 3. The van der Waals surface area contributed by atoms with E-state index >= 15 is 0 Å². The quantitative estimate of drug-likeness (QED) is 0.368. The molecule has 228 valence electrons. The summed E-state index contributed by atoms with van der Waals surface area (Å²) < 4.78 is 46.5. The zero-order valence-electron chi connectivity index (χ0n) is 23.2. The smallest absolute Gasteiger partial charge is 0.437 e. The molecular formula is C28H30F3N7O5. The van der Waals surface area contributed by atoms with Crippen LogP contribution in [0.3, 0.4) is 0 Å². The van der Waals surface area contributed by atoms with Crippen LogP contribution in [0.25, 0.3) is 0 Å². The number of hydrogen-bond acceptors (Lipinski definition) is 8. The third kappa shape index (κ3) is 6.81. The standard InChI is InChI=1S/C28H30F3N7O5/c1-17-5-4-10-38(16-17)27-35-23(28(29,30)31)22(43-27)24(39)33-18-8-9-21(32-15-18)36-11-13-37(14-12-36)26(42)34-20-7-3-2-6-19(20)25(40)41/h2-3,6-9,15,17H,4-5,10-14,16H2,1H3,(H,33,39)(H,34,42)(H,40,41). The Balaban J connectivity index is 1.19. The molecular weight excluding hydrogens is 571 g/mol. The molecule has 3 amide bonds. The zero-order valence-corrected chi connectivity index (χ0v) is 23.2. The Morgan fingerprint density at radius 1 is 1.00 bits per heavy atom. The average Bonchev–Trinajstić information content (AvgIpc) is 3.45. The molecule has 0 saturated carbocycles. The van der Waals surface area contributed by atoms with Crippen molar-refractivity contribution in [1.82, 2.24) is 14.9 Å². The highest BCUT2D eigenvalue weighted by atomic mass is 19.4.